The molecule has 3 amide bonds. The van der Waals surface area contributed by atoms with Crippen molar-refractivity contribution in [2.45, 2.75) is 45.2 Å². The number of nitrogens with zero attached hydrogens (tertiary/aromatic N) is 3. The van der Waals surface area contributed by atoms with Crippen molar-refractivity contribution in [1.82, 2.24) is 14.7 Å². The minimum absolute atomic E-state index is 0.132. The molecule has 7 heteroatoms. The van der Waals surface area contributed by atoms with Crippen LogP contribution in [0.4, 0.5) is 4.79 Å². The molecule has 1 aliphatic heterocycles. The summed E-state index contributed by atoms with van der Waals surface area (Å²) in [5.74, 6) is -1.25. The first kappa shape index (κ1) is 17.3. The molecule has 7 nitrogen and oxygen atoms in total. The Kier molecular flexibility index (Phi) is 5.20. The first-order valence-electron chi connectivity index (χ1n) is 7.13. The van der Waals surface area contributed by atoms with Gasteiger partial charge in [0.25, 0.3) is 0 Å². The summed E-state index contributed by atoms with van der Waals surface area (Å²) in [6.07, 6.45) is 0.499. The van der Waals surface area contributed by atoms with Crippen molar-refractivity contribution in [3.63, 3.8) is 0 Å². The average Bonchev–Trinajstić information content (AvgIpc) is 2.37. The van der Waals surface area contributed by atoms with Crippen molar-refractivity contribution in [1.29, 1.82) is 0 Å². The third kappa shape index (κ3) is 3.28. The van der Waals surface area contributed by atoms with Crippen LogP contribution in [-0.4, -0.2) is 76.5 Å². The van der Waals surface area contributed by atoms with Gasteiger partial charge in [0.2, 0.25) is 5.91 Å². The summed E-state index contributed by atoms with van der Waals surface area (Å²) in [6, 6.07) is -0.331. The van der Waals surface area contributed by atoms with Gasteiger partial charge in [-0.2, -0.15) is 0 Å². The smallest absolute Gasteiger partial charge is 0.329 e. The summed E-state index contributed by atoms with van der Waals surface area (Å²) >= 11 is 0. The van der Waals surface area contributed by atoms with Crippen molar-refractivity contribution in [3.05, 3.63) is 0 Å². The maximum absolute atomic E-state index is 11.9. The summed E-state index contributed by atoms with van der Waals surface area (Å²) in [7, 11) is 3.33. The van der Waals surface area contributed by atoms with E-state index in [1.165, 1.54) is 16.7 Å². The molecule has 21 heavy (non-hydrogen) atoms. The second-order valence-electron chi connectivity index (χ2n) is 5.98. The number of urea groups is 1. The molecule has 0 atom stereocenters. The lowest BCUT2D eigenvalue weighted by Gasteiger charge is -2.47. The molecule has 0 unspecified atom stereocenters. The van der Waals surface area contributed by atoms with Crippen LogP contribution in [-0.2, 0) is 9.59 Å². The molecule has 1 saturated heterocycles. The van der Waals surface area contributed by atoms with E-state index >= 15 is 0 Å². The maximum atomic E-state index is 11.9. The largest absolute Gasteiger partial charge is 0.479 e. The summed E-state index contributed by atoms with van der Waals surface area (Å²) in [6.45, 7) is 5.68. The monoisotopic (exact) mass is 299 g/mol. The number of likely N-dealkylation sites (tertiary alicyclic amines) is 1. The van der Waals surface area contributed by atoms with E-state index < -0.39 is 11.5 Å². The number of carboxylic acid groups (broad SMARTS) is 1. The second-order valence-corrected chi connectivity index (χ2v) is 5.98. The fourth-order valence-electron chi connectivity index (χ4n) is 3.07. The van der Waals surface area contributed by atoms with Gasteiger partial charge in [0.15, 0.2) is 0 Å². The Bertz CT molecular complexity index is 426. The molecule has 0 bridgehead atoms. The van der Waals surface area contributed by atoms with Gasteiger partial charge in [0.05, 0.1) is 0 Å². The highest BCUT2D eigenvalue weighted by atomic mass is 16.4. The van der Waals surface area contributed by atoms with Crippen LogP contribution < -0.4 is 0 Å². The quantitative estimate of drug-likeness (QED) is 0.837. The lowest BCUT2D eigenvalue weighted by molar-refractivity contribution is -0.164. The summed E-state index contributed by atoms with van der Waals surface area (Å²) in [5.41, 5.74) is -1.22. The molecule has 1 fully saturated rings. The SMILES string of the molecule is CC(=O)N(C(C)C)C1(C(=O)O)CCN(C(=O)N(C)C)CC1. The highest BCUT2D eigenvalue weighted by molar-refractivity contribution is 5.87. The maximum Gasteiger partial charge on any atom is 0.329 e. The molecule has 0 aromatic heterocycles. The molecular weight excluding hydrogens is 274 g/mol. The van der Waals surface area contributed by atoms with Crippen molar-refractivity contribution in [2.75, 3.05) is 27.2 Å². The lowest BCUT2D eigenvalue weighted by atomic mass is 9.84. The Labute approximate surface area is 125 Å². The predicted molar refractivity (Wildman–Crippen MR) is 77.9 cm³/mol. The van der Waals surface area contributed by atoms with Gasteiger partial charge < -0.3 is 19.8 Å². The first-order chi connectivity index (χ1) is 9.63. The van der Waals surface area contributed by atoms with Gasteiger partial charge in [-0.05, 0) is 26.7 Å². The van der Waals surface area contributed by atoms with Crippen LogP contribution in [0, 0.1) is 0 Å². The van der Waals surface area contributed by atoms with Crippen molar-refractivity contribution < 1.29 is 19.5 Å². The van der Waals surface area contributed by atoms with Crippen LogP contribution in [0.25, 0.3) is 0 Å². The minimum atomic E-state index is -1.22. The van der Waals surface area contributed by atoms with Crippen LogP contribution in [0.15, 0.2) is 0 Å². The highest BCUT2D eigenvalue weighted by Gasteiger charge is 2.49. The van der Waals surface area contributed by atoms with Crippen LogP contribution in [0.5, 0.6) is 0 Å². The fraction of sp³-hybridized carbons (Fsp3) is 0.786. The standard InChI is InChI=1S/C14H25N3O4/c1-10(2)17(11(3)18)14(12(19)20)6-8-16(9-7-14)13(21)15(4)5/h10H,6-9H2,1-5H3,(H,19,20). The second kappa shape index (κ2) is 6.32. The molecular formula is C14H25N3O4. The Morgan fingerprint density at radius 3 is 1.90 bits per heavy atom. The van der Waals surface area contributed by atoms with Gasteiger partial charge in [-0.15, -0.1) is 0 Å². The van der Waals surface area contributed by atoms with Crippen molar-refractivity contribution in [2.24, 2.45) is 0 Å². The highest BCUT2D eigenvalue weighted by Crippen LogP contribution is 2.31. The zero-order valence-corrected chi connectivity index (χ0v) is 13.4. The van der Waals surface area contributed by atoms with Crippen LogP contribution in [0.1, 0.15) is 33.6 Å². The molecule has 1 heterocycles. The Morgan fingerprint density at radius 2 is 1.62 bits per heavy atom. The van der Waals surface area contributed by atoms with Gasteiger partial charge >= 0.3 is 12.0 Å². The normalized spacial score (nSPS) is 17.5. The topological polar surface area (TPSA) is 81.2 Å². The van der Waals surface area contributed by atoms with Crippen LogP contribution >= 0.6 is 0 Å². The Balaban J connectivity index is 2.99. The number of piperidine rings is 1. The number of hydrogen-bond acceptors (Lipinski definition) is 3. The summed E-state index contributed by atoms with van der Waals surface area (Å²) in [4.78, 5) is 40.2. The zero-order chi connectivity index (χ0) is 16.4. The van der Waals surface area contributed by atoms with Crippen molar-refractivity contribution >= 4 is 17.9 Å². The molecule has 1 rings (SSSR count). The number of hydrogen-bond donors (Lipinski definition) is 1. The molecule has 120 valence electrons. The van der Waals surface area contributed by atoms with E-state index in [2.05, 4.69) is 0 Å². The predicted octanol–water partition coefficient (Wildman–Crippen LogP) is 0.844. The van der Waals surface area contributed by atoms with Gasteiger partial charge in [0.1, 0.15) is 5.54 Å². The van der Waals surface area contributed by atoms with Gasteiger partial charge in [0, 0.05) is 40.2 Å². The number of aliphatic carboxylic acids is 1. The number of rotatable bonds is 3. The van der Waals surface area contributed by atoms with E-state index in [4.69, 9.17) is 0 Å². The van der Waals surface area contributed by atoms with E-state index in [0.717, 1.165) is 0 Å². The summed E-state index contributed by atoms with van der Waals surface area (Å²) in [5, 5.41) is 9.68. The third-order valence-corrected chi connectivity index (χ3v) is 3.96. The van der Waals surface area contributed by atoms with E-state index in [-0.39, 0.29) is 30.8 Å². The fourth-order valence-corrected chi connectivity index (χ4v) is 3.07. The van der Waals surface area contributed by atoms with E-state index in [1.54, 1.807) is 19.0 Å². The average molecular weight is 299 g/mol. The lowest BCUT2D eigenvalue weighted by Crippen LogP contribution is -2.64. The van der Waals surface area contributed by atoms with E-state index in [1.807, 2.05) is 13.8 Å². The molecule has 1 aliphatic rings. The van der Waals surface area contributed by atoms with E-state index in [9.17, 15) is 19.5 Å². The molecule has 0 aliphatic carbocycles. The zero-order valence-electron chi connectivity index (χ0n) is 13.4. The first-order valence-corrected chi connectivity index (χ1v) is 7.13. The van der Waals surface area contributed by atoms with Gasteiger partial charge in [-0.1, -0.05) is 0 Å². The summed E-state index contributed by atoms with van der Waals surface area (Å²) < 4.78 is 0. The number of amides is 3. The van der Waals surface area contributed by atoms with Crippen LogP contribution in [0.3, 0.4) is 0 Å². The molecule has 0 aromatic carbocycles. The molecule has 0 spiro atoms. The minimum Gasteiger partial charge on any atom is -0.479 e. The third-order valence-electron chi connectivity index (χ3n) is 3.96. The van der Waals surface area contributed by atoms with Gasteiger partial charge in [-0.3, -0.25) is 4.79 Å². The Morgan fingerprint density at radius 1 is 1.14 bits per heavy atom. The molecule has 1 N–H and O–H groups in total. The van der Waals surface area contributed by atoms with Gasteiger partial charge in [-0.25, -0.2) is 9.59 Å². The number of carboxylic acids is 1. The van der Waals surface area contributed by atoms with Crippen LogP contribution in [0.2, 0.25) is 0 Å². The van der Waals surface area contributed by atoms with E-state index in [0.29, 0.717) is 13.1 Å². The molecule has 0 saturated carbocycles. The van der Waals surface area contributed by atoms with Crippen molar-refractivity contribution in [3.8, 4) is 0 Å². The molecule has 0 aromatic rings. The number of carbonyl (C=O) groups excluding carboxylic acids is 2. The molecule has 0 radical (unpaired) electrons. The Hall–Kier alpha value is -1.79. The number of carbonyl (C=O) groups is 3.